The minimum atomic E-state index is -4.59. The largest absolute Gasteiger partial charge is 0.416 e. The number of benzene rings is 2. The second-order valence-corrected chi connectivity index (χ2v) is 7.77. The maximum atomic E-state index is 13.5. The average molecular weight is 447 g/mol. The molecule has 0 saturated carbocycles. The fourth-order valence-corrected chi connectivity index (χ4v) is 3.78. The molecule has 2 aromatic rings. The van der Waals surface area contributed by atoms with E-state index >= 15 is 0 Å². The van der Waals surface area contributed by atoms with Crippen molar-refractivity contribution < 1.29 is 27.9 Å². The Morgan fingerprint density at radius 2 is 1.75 bits per heavy atom. The van der Waals surface area contributed by atoms with Crippen LogP contribution in [0, 0.1) is 13.8 Å². The van der Waals surface area contributed by atoms with Crippen LogP contribution in [0.3, 0.4) is 0 Å². The number of hydrogen-bond acceptors (Lipinski definition) is 4. The first-order chi connectivity index (χ1) is 15.0. The quantitative estimate of drug-likeness (QED) is 0.311. The van der Waals surface area contributed by atoms with Crippen molar-refractivity contribution in [3.05, 3.63) is 64.3 Å². The van der Waals surface area contributed by atoms with Crippen molar-refractivity contribution in [2.75, 3.05) is 11.5 Å². The lowest BCUT2D eigenvalue weighted by Crippen LogP contribution is -2.37. The molecule has 9 heteroatoms. The number of aliphatic hydroxyl groups is 1. The van der Waals surface area contributed by atoms with Crippen LogP contribution in [0.4, 0.5) is 24.5 Å². The number of alkyl halides is 3. The van der Waals surface area contributed by atoms with E-state index in [1.807, 2.05) is 19.9 Å². The van der Waals surface area contributed by atoms with Crippen molar-refractivity contribution in [1.82, 2.24) is 5.01 Å². The predicted molar refractivity (Wildman–Crippen MR) is 114 cm³/mol. The number of aliphatic hydroxyl groups excluding tert-OH is 1. The number of nitrogens with zero attached hydrogens (tertiary/aromatic N) is 2. The zero-order valence-corrected chi connectivity index (χ0v) is 18.0. The van der Waals surface area contributed by atoms with E-state index in [2.05, 4.69) is 0 Å². The number of rotatable bonds is 5. The minimum absolute atomic E-state index is 0.0352. The highest BCUT2D eigenvalue weighted by Crippen LogP contribution is 2.45. The summed E-state index contributed by atoms with van der Waals surface area (Å²) >= 11 is 0. The zero-order chi connectivity index (χ0) is 23.8. The van der Waals surface area contributed by atoms with Gasteiger partial charge in [-0.1, -0.05) is 12.1 Å². The first kappa shape index (κ1) is 23.5. The molecule has 6 nitrogen and oxygen atoms in total. The van der Waals surface area contributed by atoms with Gasteiger partial charge >= 0.3 is 6.18 Å². The number of halogens is 3. The average Bonchev–Trinajstić information content (AvgIpc) is 3.00. The summed E-state index contributed by atoms with van der Waals surface area (Å²) in [4.78, 5) is 27.0. The van der Waals surface area contributed by atoms with Crippen molar-refractivity contribution in [3.63, 3.8) is 0 Å². The van der Waals surface area contributed by atoms with Crippen LogP contribution < -0.4 is 10.7 Å². The monoisotopic (exact) mass is 447 g/mol. The van der Waals surface area contributed by atoms with Crippen LogP contribution in [0.2, 0.25) is 0 Å². The van der Waals surface area contributed by atoms with E-state index in [9.17, 15) is 22.8 Å². The fourth-order valence-electron chi connectivity index (χ4n) is 3.78. The van der Waals surface area contributed by atoms with Crippen LogP contribution in [-0.2, 0) is 15.8 Å². The number of carbonyl (C=O) groups excluding carboxylic acids is 2. The number of hydrogen-bond donors (Lipinski definition) is 2. The van der Waals surface area contributed by atoms with Crippen LogP contribution in [0.15, 0.2) is 42.1 Å². The Kier molecular flexibility index (Phi) is 6.43. The molecule has 2 aromatic carbocycles. The molecule has 3 N–H and O–H groups in total. The van der Waals surface area contributed by atoms with Gasteiger partial charge in [0.2, 0.25) is 5.91 Å². The molecule has 0 saturated heterocycles. The van der Waals surface area contributed by atoms with Gasteiger partial charge in [0.15, 0.2) is 0 Å². The van der Waals surface area contributed by atoms with E-state index in [0.717, 1.165) is 28.3 Å². The molecule has 0 radical (unpaired) electrons. The molecule has 0 unspecified atom stereocenters. The first-order valence-electron chi connectivity index (χ1n) is 9.99. The second-order valence-electron chi connectivity index (χ2n) is 7.77. The first-order valence-corrected chi connectivity index (χ1v) is 9.99. The maximum absolute atomic E-state index is 13.5. The minimum Gasteiger partial charge on any atom is -0.396 e. The number of carbonyl (C=O) groups is 2. The van der Waals surface area contributed by atoms with Crippen LogP contribution in [-0.4, -0.2) is 28.5 Å². The Morgan fingerprint density at radius 1 is 1.12 bits per heavy atom. The van der Waals surface area contributed by atoms with Gasteiger partial charge in [0, 0.05) is 30.0 Å². The lowest BCUT2D eigenvalue weighted by molar-refractivity contribution is -0.137. The van der Waals surface area contributed by atoms with Crippen molar-refractivity contribution in [3.8, 4) is 0 Å². The molecule has 1 aliphatic rings. The molecule has 0 bridgehead atoms. The van der Waals surface area contributed by atoms with Crippen LogP contribution in [0.5, 0.6) is 0 Å². The summed E-state index contributed by atoms with van der Waals surface area (Å²) < 4.78 is 40.2. The van der Waals surface area contributed by atoms with Gasteiger partial charge in [-0.2, -0.15) is 13.2 Å². The molecule has 0 spiro atoms. The summed E-state index contributed by atoms with van der Waals surface area (Å²) in [5.41, 5.74) is 1.71. The lowest BCUT2D eigenvalue weighted by Gasteiger charge is -2.21. The molecule has 3 rings (SSSR count). The number of nitrogens with two attached hydrogens (primary N) is 1. The highest BCUT2D eigenvalue weighted by molar-refractivity contribution is 6.35. The summed E-state index contributed by atoms with van der Waals surface area (Å²) in [7, 11) is 0. The fraction of sp³-hybridized carbons (Fsp3) is 0.304. The summed E-state index contributed by atoms with van der Waals surface area (Å²) in [5, 5.41) is 9.76. The van der Waals surface area contributed by atoms with Gasteiger partial charge in [0.05, 0.1) is 16.8 Å². The number of allylic oxidation sites excluding steroid dienone is 1. The van der Waals surface area contributed by atoms with Crippen molar-refractivity contribution >= 4 is 28.8 Å². The molecular weight excluding hydrogens is 423 g/mol. The van der Waals surface area contributed by atoms with Crippen molar-refractivity contribution in [1.29, 1.82) is 0 Å². The molecule has 1 heterocycles. The van der Waals surface area contributed by atoms with E-state index in [1.54, 1.807) is 12.1 Å². The zero-order valence-electron chi connectivity index (χ0n) is 18.0. The van der Waals surface area contributed by atoms with E-state index < -0.39 is 23.6 Å². The third-order valence-corrected chi connectivity index (χ3v) is 5.26. The maximum Gasteiger partial charge on any atom is 0.416 e. The third-order valence-electron chi connectivity index (χ3n) is 5.26. The van der Waals surface area contributed by atoms with Crippen LogP contribution in [0.1, 0.15) is 42.0 Å². The van der Waals surface area contributed by atoms with Gasteiger partial charge in [0.25, 0.3) is 5.91 Å². The van der Waals surface area contributed by atoms with Crippen molar-refractivity contribution in [2.45, 2.75) is 39.8 Å². The molecule has 32 heavy (non-hydrogen) atoms. The number of amides is 2. The molecule has 170 valence electrons. The van der Waals surface area contributed by atoms with Gasteiger partial charge in [0.1, 0.15) is 0 Å². The molecule has 0 aliphatic carbocycles. The number of fused-ring (bicyclic) bond motifs is 1. The third kappa shape index (κ3) is 4.39. The number of aryl methyl sites for hydroxylation is 2. The Balaban J connectivity index is 2.21. The molecular formula is C23H24F3N3O3. The Hall–Kier alpha value is -3.17. The topological polar surface area (TPSA) is 86.9 Å². The summed E-state index contributed by atoms with van der Waals surface area (Å²) in [6.07, 6.45) is -4.43. The normalized spacial score (nSPS) is 15.1. The smallest absolute Gasteiger partial charge is 0.396 e. The van der Waals surface area contributed by atoms with Gasteiger partial charge in [-0.3, -0.25) is 19.5 Å². The van der Waals surface area contributed by atoms with Crippen LogP contribution >= 0.6 is 0 Å². The Morgan fingerprint density at radius 3 is 2.31 bits per heavy atom. The highest BCUT2D eigenvalue weighted by Gasteiger charge is 2.39. The van der Waals surface area contributed by atoms with E-state index in [0.29, 0.717) is 5.69 Å². The van der Waals surface area contributed by atoms with E-state index in [-0.39, 0.29) is 42.0 Å². The molecule has 2 amide bonds. The van der Waals surface area contributed by atoms with E-state index in [4.69, 9.17) is 10.9 Å². The SMILES string of the molecule is C/C(=C1/C(=O)N(c2cc(C)cc(C)c2)c2cc(C(F)(F)F)ccc21)N(N)C(=O)CCCO. The van der Waals surface area contributed by atoms with Gasteiger partial charge in [-0.05, 0) is 62.6 Å². The molecule has 0 atom stereocenters. The summed E-state index contributed by atoms with van der Waals surface area (Å²) in [6.45, 7) is 4.93. The Bertz CT molecular complexity index is 1090. The summed E-state index contributed by atoms with van der Waals surface area (Å²) in [6, 6.07) is 8.36. The number of anilines is 2. The standard InChI is InChI=1S/C23H24F3N3O3/c1-13-9-14(2)11-17(10-13)28-19-12-16(23(24,25)26)6-7-18(19)21(22(28)32)15(3)29(27)20(31)5-4-8-30/h6-7,9-12,30H,4-5,8,27H2,1-3H3/b21-15-. The van der Waals surface area contributed by atoms with Gasteiger partial charge in [-0.15, -0.1) is 0 Å². The Labute approximate surface area is 183 Å². The molecule has 1 aliphatic heterocycles. The van der Waals surface area contributed by atoms with Gasteiger partial charge < -0.3 is 5.11 Å². The van der Waals surface area contributed by atoms with Crippen LogP contribution in [0.25, 0.3) is 5.57 Å². The molecule has 0 aromatic heterocycles. The second kappa shape index (κ2) is 8.76. The summed E-state index contributed by atoms with van der Waals surface area (Å²) in [5.74, 6) is 4.83. The number of hydrazine groups is 1. The van der Waals surface area contributed by atoms with Crippen molar-refractivity contribution in [2.24, 2.45) is 5.84 Å². The molecule has 0 fully saturated rings. The van der Waals surface area contributed by atoms with E-state index in [1.165, 1.54) is 17.9 Å². The lowest BCUT2D eigenvalue weighted by atomic mass is 10.0. The van der Waals surface area contributed by atoms with Gasteiger partial charge in [-0.25, -0.2) is 5.84 Å². The highest BCUT2D eigenvalue weighted by atomic mass is 19.4. The predicted octanol–water partition coefficient (Wildman–Crippen LogP) is 4.21.